The fourth-order valence-electron chi connectivity index (χ4n) is 2.64. The summed E-state index contributed by atoms with van der Waals surface area (Å²) in [5, 5.41) is 18.7. The summed E-state index contributed by atoms with van der Waals surface area (Å²) >= 11 is 1.62. The van der Waals surface area contributed by atoms with Crippen LogP contribution in [0.3, 0.4) is 0 Å². The maximum Gasteiger partial charge on any atom is 0.0854 e. The van der Waals surface area contributed by atoms with Crippen molar-refractivity contribution < 1.29 is 5.11 Å². The lowest BCUT2D eigenvalue weighted by Crippen LogP contribution is -2.07. The SMILES string of the molecule is OC(Cc1ccn(C2CCCC2)n1)c1ccsc1. The highest BCUT2D eigenvalue weighted by Crippen LogP contribution is 2.29. The standard InChI is InChI=1S/C14H18N2OS/c17-14(11-6-8-18-10-11)9-12-5-7-16(15-12)13-3-1-2-4-13/h5-8,10,13-14,17H,1-4,9H2. The largest absolute Gasteiger partial charge is 0.388 e. The van der Waals surface area contributed by atoms with E-state index in [9.17, 15) is 5.11 Å². The molecule has 1 unspecified atom stereocenters. The van der Waals surface area contributed by atoms with Crippen molar-refractivity contribution in [1.29, 1.82) is 0 Å². The summed E-state index contributed by atoms with van der Waals surface area (Å²) in [6.07, 6.45) is 7.36. The van der Waals surface area contributed by atoms with E-state index in [1.54, 1.807) is 11.3 Å². The van der Waals surface area contributed by atoms with Crippen LogP contribution in [0.25, 0.3) is 0 Å². The van der Waals surface area contributed by atoms with Crippen LogP contribution in [-0.4, -0.2) is 14.9 Å². The van der Waals surface area contributed by atoms with Crippen molar-refractivity contribution in [2.75, 3.05) is 0 Å². The zero-order valence-electron chi connectivity index (χ0n) is 10.3. The van der Waals surface area contributed by atoms with E-state index in [1.165, 1.54) is 25.7 Å². The van der Waals surface area contributed by atoms with Gasteiger partial charge in [-0.15, -0.1) is 0 Å². The third kappa shape index (κ3) is 2.49. The average molecular weight is 262 g/mol. The summed E-state index contributed by atoms with van der Waals surface area (Å²) in [4.78, 5) is 0. The van der Waals surface area contributed by atoms with Crippen molar-refractivity contribution in [3.8, 4) is 0 Å². The van der Waals surface area contributed by atoms with Crippen molar-refractivity contribution in [3.05, 3.63) is 40.3 Å². The number of aliphatic hydroxyl groups is 1. The lowest BCUT2D eigenvalue weighted by atomic mass is 10.1. The molecule has 1 saturated carbocycles. The van der Waals surface area contributed by atoms with Crippen molar-refractivity contribution in [3.63, 3.8) is 0 Å². The number of aliphatic hydroxyl groups excluding tert-OH is 1. The number of thiophene rings is 1. The van der Waals surface area contributed by atoms with Gasteiger partial charge in [-0.3, -0.25) is 4.68 Å². The molecule has 4 heteroatoms. The van der Waals surface area contributed by atoms with Crippen LogP contribution in [0.2, 0.25) is 0 Å². The maximum absolute atomic E-state index is 10.1. The van der Waals surface area contributed by atoms with Crippen molar-refractivity contribution >= 4 is 11.3 Å². The molecule has 2 aromatic heterocycles. The van der Waals surface area contributed by atoms with Gasteiger partial charge in [0.1, 0.15) is 0 Å². The Morgan fingerprint density at radius 1 is 1.39 bits per heavy atom. The van der Waals surface area contributed by atoms with Crippen molar-refractivity contribution in [2.45, 2.75) is 44.2 Å². The molecule has 0 radical (unpaired) electrons. The molecule has 1 atom stereocenters. The second-order valence-electron chi connectivity index (χ2n) is 5.00. The third-order valence-corrected chi connectivity index (χ3v) is 4.39. The first kappa shape index (κ1) is 11.9. The van der Waals surface area contributed by atoms with Crippen molar-refractivity contribution in [2.24, 2.45) is 0 Å². The van der Waals surface area contributed by atoms with E-state index in [4.69, 9.17) is 0 Å². The maximum atomic E-state index is 10.1. The van der Waals surface area contributed by atoms with Crippen LogP contribution in [0.15, 0.2) is 29.1 Å². The van der Waals surface area contributed by atoms with Crippen LogP contribution in [0.5, 0.6) is 0 Å². The number of hydrogen-bond acceptors (Lipinski definition) is 3. The summed E-state index contributed by atoms with van der Waals surface area (Å²) in [6, 6.07) is 4.59. The van der Waals surface area contributed by atoms with Gasteiger partial charge in [-0.2, -0.15) is 16.4 Å². The topological polar surface area (TPSA) is 38.0 Å². The zero-order valence-corrected chi connectivity index (χ0v) is 11.1. The quantitative estimate of drug-likeness (QED) is 0.917. The molecule has 18 heavy (non-hydrogen) atoms. The molecule has 1 aliphatic carbocycles. The predicted molar refractivity (Wildman–Crippen MR) is 72.7 cm³/mol. The van der Waals surface area contributed by atoms with Crippen LogP contribution in [-0.2, 0) is 6.42 Å². The second kappa shape index (κ2) is 5.24. The highest BCUT2D eigenvalue weighted by atomic mass is 32.1. The van der Waals surface area contributed by atoms with E-state index in [0.717, 1.165) is 11.3 Å². The van der Waals surface area contributed by atoms with Gasteiger partial charge in [-0.05, 0) is 41.3 Å². The Morgan fingerprint density at radius 2 is 2.22 bits per heavy atom. The summed E-state index contributed by atoms with van der Waals surface area (Å²) in [5.74, 6) is 0. The van der Waals surface area contributed by atoms with Gasteiger partial charge in [0.25, 0.3) is 0 Å². The molecule has 3 nitrogen and oxygen atoms in total. The fourth-order valence-corrected chi connectivity index (χ4v) is 3.35. The Kier molecular flexibility index (Phi) is 3.48. The lowest BCUT2D eigenvalue weighted by Gasteiger charge is -2.09. The first-order valence-corrected chi connectivity index (χ1v) is 7.51. The smallest absolute Gasteiger partial charge is 0.0854 e. The van der Waals surface area contributed by atoms with Crippen LogP contribution in [0, 0.1) is 0 Å². The van der Waals surface area contributed by atoms with Crippen molar-refractivity contribution in [1.82, 2.24) is 9.78 Å². The van der Waals surface area contributed by atoms with E-state index in [0.29, 0.717) is 12.5 Å². The van der Waals surface area contributed by atoms with Crippen LogP contribution in [0.1, 0.15) is 49.1 Å². The molecule has 3 rings (SSSR count). The Bertz CT molecular complexity index is 486. The Labute approximate surface area is 111 Å². The summed E-state index contributed by atoms with van der Waals surface area (Å²) in [5.41, 5.74) is 1.98. The molecule has 1 fully saturated rings. The van der Waals surface area contributed by atoms with Gasteiger partial charge in [-0.25, -0.2) is 0 Å². The molecule has 0 saturated heterocycles. The fraction of sp³-hybridized carbons (Fsp3) is 0.500. The van der Waals surface area contributed by atoms with Gasteiger partial charge < -0.3 is 5.11 Å². The van der Waals surface area contributed by atoms with E-state index in [2.05, 4.69) is 16.0 Å². The Morgan fingerprint density at radius 3 is 2.94 bits per heavy atom. The molecule has 0 amide bonds. The summed E-state index contributed by atoms with van der Waals surface area (Å²) in [7, 11) is 0. The monoisotopic (exact) mass is 262 g/mol. The zero-order chi connectivity index (χ0) is 12.4. The van der Waals surface area contributed by atoms with Gasteiger partial charge in [-0.1, -0.05) is 12.8 Å². The minimum Gasteiger partial charge on any atom is -0.388 e. The molecule has 0 aliphatic heterocycles. The molecule has 2 heterocycles. The summed E-state index contributed by atoms with van der Waals surface area (Å²) in [6.45, 7) is 0. The third-order valence-electron chi connectivity index (χ3n) is 3.69. The van der Waals surface area contributed by atoms with Gasteiger partial charge >= 0.3 is 0 Å². The second-order valence-corrected chi connectivity index (χ2v) is 5.78. The Balaban J connectivity index is 1.66. The molecule has 96 valence electrons. The van der Waals surface area contributed by atoms with Crippen LogP contribution < -0.4 is 0 Å². The normalized spacial score (nSPS) is 18.3. The molecule has 1 aliphatic rings. The van der Waals surface area contributed by atoms with E-state index >= 15 is 0 Å². The minimum absolute atomic E-state index is 0.428. The number of aromatic nitrogens is 2. The molecule has 0 spiro atoms. The Hall–Kier alpha value is -1.13. The molecular formula is C14H18N2OS. The first-order chi connectivity index (χ1) is 8.83. The highest BCUT2D eigenvalue weighted by Gasteiger charge is 2.18. The van der Waals surface area contributed by atoms with Gasteiger partial charge in [0, 0.05) is 12.6 Å². The molecular weight excluding hydrogens is 244 g/mol. The first-order valence-electron chi connectivity index (χ1n) is 6.57. The molecule has 1 N–H and O–H groups in total. The van der Waals surface area contributed by atoms with Crippen LogP contribution >= 0.6 is 11.3 Å². The van der Waals surface area contributed by atoms with E-state index in [-0.39, 0.29) is 0 Å². The van der Waals surface area contributed by atoms with Gasteiger partial charge in [0.2, 0.25) is 0 Å². The minimum atomic E-state index is -0.428. The molecule has 2 aromatic rings. The van der Waals surface area contributed by atoms with E-state index in [1.807, 2.05) is 22.9 Å². The number of hydrogen-bond donors (Lipinski definition) is 1. The number of nitrogens with zero attached hydrogens (tertiary/aromatic N) is 2. The molecule has 0 aromatic carbocycles. The van der Waals surface area contributed by atoms with E-state index < -0.39 is 6.10 Å². The molecule has 0 bridgehead atoms. The van der Waals surface area contributed by atoms with Gasteiger partial charge in [0.15, 0.2) is 0 Å². The highest BCUT2D eigenvalue weighted by molar-refractivity contribution is 7.07. The average Bonchev–Trinajstić information content (AvgIpc) is 3.12. The lowest BCUT2D eigenvalue weighted by molar-refractivity contribution is 0.177. The summed E-state index contributed by atoms with van der Waals surface area (Å²) < 4.78 is 2.09. The van der Waals surface area contributed by atoms with Crippen LogP contribution in [0.4, 0.5) is 0 Å². The number of rotatable bonds is 4. The van der Waals surface area contributed by atoms with Gasteiger partial charge in [0.05, 0.1) is 17.8 Å². The predicted octanol–water partition coefficient (Wildman–Crippen LogP) is 3.34.